The van der Waals surface area contributed by atoms with Crippen LogP contribution >= 0.6 is 11.6 Å². The van der Waals surface area contributed by atoms with Gasteiger partial charge in [0, 0.05) is 19.2 Å². The average Bonchev–Trinajstić information content (AvgIpc) is 2.45. The average molecular weight is 286 g/mol. The van der Waals surface area contributed by atoms with Crippen molar-refractivity contribution in [1.82, 2.24) is 5.32 Å². The molecule has 0 bridgehead atoms. The molecule has 0 spiro atoms. The lowest BCUT2D eigenvalue weighted by molar-refractivity contribution is 0.0699. The molecule has 1 fully saturated rings. The maximum atomic E-state index is 6.18. The van der Waals surface area contributed by atoms with E-state index in [1.165, 1.54) is 0 Å². The fraction of sp³-hybridized carbons (Fsp3) is 0.571. The summed E-state index contributed by atoms with van der Waals surface area (Å²) in [5, 5.41) is 4.04. The number of benzene rings is 1. The molecule has 1 unspecified atom stereocenters. The Morgan fingerprint density at radius 3 is 2.84 bits per heavy atom. The van der Waals surface area contributed by atoms with E-state index in [1.54, 1.807) is 14.2 Å². The molecule has 0 aromatic heterocycles. The molecule has 5 heteroatoms. The van der Waals surface area contributed by atoms with Gasteiger partial charge in [-0.2, -0.15) is 0 Å². The molecule has 1 heterocycles. The van der Waals surface area contributed by atoms with Gasteiger partial charge in [0.1, 0.15) is 0 Å². The second kappa shape index (κ2) is 6.98. The number of rotatable bonds is 5. The van der Waals surface area contributed by atoms with Crippen LogP contribution in [0.15, 0.2) is 12.1 Å². The molecular weight excluding hydrogens is 266 g/mol. The fourth-order valence-corrected chi connectivity index (χ4v) is 2.55. The van der Waals surface area contributed by atoms with Gasteiger partial charge in [-0.15, -0.1) is 0 Å². The highest BCUT2D eigenvalue weighted by Crippen LogP contribution is 2.35. The van der Waals surface area contributed by atoms with Gasteiger partial charge >= 0.3 is 0 Å². The van der Waals surface area contributed by atoms with E-state index in [9.17, 15) is 0 Å². The molecule has 0 aliphatic carbocycles. The number of methoxy groups -OCH3 is 2. The third kappa shape index (κ3) is 3.75. The fourth-order valence-electron chi connectivity index (χ4n) is 2.24. The summed E-state index contributed by atoms with van der Waals surface area (Å²) in [4.78, 5) is 0. The molecule has 1 aromatic rings. The van der Waals surface area contributed by atoms with Crippen molar-refractivity contribution in [1.29, 1.82) is 0 Å². The van der Waals surface area contributed by atoms with Crippen LogP contribution in [0.25, 0.3) is 0 Å². The van der Waals surface area contributed by atoms with Crippen LogP contribution in [-0.2, 0) is 11.3 Å². The molecule has 0 radical (unpaired) electrons. The van der Waals surface area contributed by atoms with Crippen molar-refractivity contribution in [3.05, 3.63) is 22.7 Å². The second-order valence-electron chi connectivity index (χ2n) is 4.61. The topological polar surface area (TPSA) is 39.7 Å². The zero-order valence-electron chi connectivity index (χ0n) is 11.4. The molecule has 1 aliphatic rings. The Hall–Kier alpha value is -0.970. The Labute approximate surface area is 119 Å². The van der Waals surface area contributed by atoms with Gasteiger partial charge in [0.2, 0.25) is 0 Å². The minimum atomic E-state index is 0.417. The maximum Gasteiger partial charge on any atom is 0.179 e. The largest absolute Gasteiger partial charge is 0.493 e. The van der Waals surface area contributed by atoms with Crippen molar-refractivity contribution in [2.24, 2.45) is 0 Å². The van der Waals surface area contributed by atoms with E-state index < -0.39 is 0 Å². The van der Waals surface area contributed by atoms with Crippen LogP contribution in [0.4, 0.5) is 0 Å². The Morgan fingerprint density at radius 2 is 2.21 bits per heavy atom. The van der Waals surface area contributed by atoms with E-state index in [0.29, 0.717) is 22.6 Å². The summed E-state index contributed by atoms with van der Waals surface area (Å²) in [7, 11) is 3.20. The molecule has 106 valence electrons. The minimum Gasteiger partial charge on any atom is -0.493 e. The molecule has 1 N–H and O–H groups in total. The van der Waals surface area contributed by atoms with Gasteiger partial charge in [-0.25, -0.2) is 0 Å². The van der Waals surface area contributed by atoms with Crippen molar-refractivity contribution < 1.29 is 14.2 Å². The zero-order chi connectivity index (χ0) is 13.7. The zero-order valence-corrected chi connectivity index (χ0v) is 12.1. The Balaban J connectivity index is 2.01. The summed E-state index contributed by atoms with van der Waals surface area (Å²) in [6, 6.07) is 4.27. The van der Waals surface area contributed by atoms with Gasteiger partial charge in [0.15, 0.2) is 11.5 Å². The number of hydrogen-bond donors (Lipinski definition) is 1. The van der Waals surface area contributed by atoms with Crippen molar-refractivity contribution in [3.63, 3.8) is 0 Å². The highest BCUT2D eigenvalue weighted by Gasteiger charge is 2.15. The van der Waals surface area contributed by atoms with Crippen LogP contribution < -0.4 is 14.8 Å². The molecule has 1 saturated heterocycles. The number of halogens is 1. The summed E-state index contributed by atoms with van der Waals surface area (Å²) >= 11 is 6.18. The molecule has 0 amide bonds. The molecule has 1 atom stereocenters. The van der Waals surface area contributed by atoms with E-state index in [4.69, 9.17) is 25.8 Å². The predicted octanol–water partition coefficient (Wildman–Crippen LogP) is 2.63. The number of nitrogens with one attached hydrogen (secondary N) is 1. The van der Waals surface area contributed by atoms with Gasteiger partial charge in [-0.1, -0.05) is 11.6 Å². The first kappa shape index (κ1) is 14.4. The molecular formula is C14H20ClNO3. The number of hydrogen-bond acceptors (Lipinski definition) is 4. The lowest BCUT2D eigenvalue weighted by Gasteiger charge is -2.23. The smallest absolute Gasteiger partial charge is 0.179 e. The van der Waals surface area contributed by atoms with Gasteiger partial charge in [-0.05, 0) is 30.5 Å². The third-order valence-electron chi connectivity index (χ3n) is 3.25. The van der Waals surface area contributed by atoms with Crippen LogP contribution in [0.2, 0.25) is 5.02 Å². The van der Waals surface area contributed by atoms with Crippen LogP contribution in [0.1, 0.15) is 18.4 Å². The van der Waals surface area contributed by atoms with Crippen LogP contribution in [0.5, 0.6) is 11.5 Å². The predicted molar refractivity (Wildman–Crippen MR) is 75.2 cm³/mol. The first-order valence-electron chi connectivity index (χ1n) is 6.46. The Kier molecular flexibility index (Phi) is 5.31. The highest BCUT2D eigenvalue weighted by molar-refractivity contribution is 6.32. The maximum absolute atomic E-state index is 6.18. The molecule has 0 saturated carbocycles. The van der Waals surface area contributed by atoms with E-state index in [-0.39, 0.29) is 0 Å². The van der Waals surface area contributed by atoms with E-state index in [2.05, 4.69) is 5.32 Å². The SMILES string of the molecule is COc1cc(CNC2CCCOC2)cc(Cl)c1OC. The van der Waals surface area contributed by atoms with Crippen molar-refractivity contribution in [3.8, 4) is 11.5 Å². The summed E-state index contributed by atoms with van der Waals surface area (Å²) < 4.78 is 15.9. The van der Waals surface area contributed by atoms with Crippen molar-refractivity contribution in [2.45, 2.75) is 25.4 Å². The van der Waals surface area contributed by atoms with Crippen LogP contribution in [0.3, 0.4) is 0 Å². The first-order valence-corrected chi connectivity index (χ1v) is 6.84. The Bertz CT molecular complexity index is 419. The molecule has 1 aromatic carbocycles. The summed E-state index contributed by atoms with van der Waals surface area (Å²) in [6.07, 6.45) is 2.27. The van der Waals surface area contributed by atoms with Gasteiger partial charge < -0.3 is 19.5 Å². The van der Waals surface area contributed by atoms with E-state index in [1.807, 2.05) is 12.1 Å². The first-order chi connectivity index (χ1) is 9.24. The molecule has 4 nitrogen and oxygen atoms in total. The van der Waals surface area contributed by atoms with E-state index in [0.717, 1.165) is 38.2 Å². The monoisotopic (exact) mass is 285 g/mol. The summed E-state index contributed by atoms with van der Waals surface area (Å²) in [6.45, 7) is 2.40. The Morgan fingerprint density at radius 1 is 1.37 bits per heavy atom. The highest BCUT2D eigenvalue weighted by atomic mass is 35.5. The van der Waals surface area contributed by atoms with E-state index >= 15 is 0 Å². The lowest BCUT2D eigenvalue weighted by Crippen LogP contribution is -2.36. The quantitative estimate of drug-likeness (QED) is 0.903. The number of ether oxygens (including phenoxy) is 3. The lowest BCUT2D eigenvalue weighted by atomic mass is 10.1. The van der Waals surface area contributed by atoms with Gasteiger partial charge in [0.25, 0.3) is 0 Å². The normalized spacial score (nSPS) is 19.2. The summed E-state index contributed by atoms with van der Waals surface area (Å²) in [5.74, 6) is 1.24. The van der Waals surface area contributed by atoms with Crippen molar-refractivity contribution >= 4 is 11.6 Å². The summed E-state index contributed by atoms with van der Waals surface area (Å²) in [5.41, 5.74) is 1.08. The molecule has 1 aliphatic heterocycles. The van der Waals surface area contributed by atoms with Gasteiger partial charge in [-0.3, -0.25) is 0 Å². The second-order valence-corrected chi connectivity index (χ2v) is 5.02. The van der Waals surface area contributed by atoms with Crippen LogP contribution in [0, 0.1) is 0 Å². The third-order valence-corrected chi connectivity index (χ3v) is 3.53. The minimum absolute atomic E-state index is 0.417. The van der Waals surface area contributed by atoms with Gasteiger partial charge in [0.05, 0.1) is 25.8 Å². The molecule has 2 rings (SSSR count). The van der Waals surface area contributed by atoms with Crippen LogP contribution in [-0.4, -0.2) is 33.5 Å². The standard InChI is InChI=1S/C14H20ClNO3/c1-17-13-7-10(6-12(15)14(13)18-2)8-16-11-4-3-5-19-9-11/h6-7,11,16H,3-5,8-9H2,1-2H3. The van der Waals surface area contributed by atoms with Crippen molar-refractivity contribution in [2.75, 3.05) is 27.4 Å². The molecule has 19 heavy (non-hydrogen) atoms.